The van der Waals surface area contributed by atoms with Crippen molar-refractivity contribution >= 4 is 15.9 Å². The third-order valence-corrected chi connectivity index (χ3v) is 4.46. The van der Waals surface area contributed by atoms with Crippen LogP contribution in [-0.4, -0.2) is 30.1 Å². The lowest BCUT2D eigenvalue weighted by atomic mass is 9.93. The van der Waals surface area contributed by atoms with E-state index in [0.29, 0.717) is 6.54 Å². The van der Waals surface area contributed by atoms with Gasteiger partial charge in [-0.25, -0.2) is 4.39 Å². The monoisotopic (exact) mass is 314 g/mol. The van der Waals surface area contributed by atoms with E-state index in [9.17, 15) is 4.39 Å². The highest BCUT2D eigenvalue weighted by molar-refractivity contribution is 9.10. The largest absolute Gasteiger partial charge is 0.314 e. The van der Waals surface area contributed by atoms with Crippen molar-refractivity contribution in [3.8, 4) is 0 Å². The van der Waals surface area contributed by atoms with Crippen LogP contribution in [0.5, 0.6) is 0 Å². The second kappa shape index (κ2) is 5.68. The molecular formula is C14H20BrFN2. The maximum atomic E-state index is 13.9. The van der Waals surface area contributed by atoms with Gasteiger partial charge < -0.3 is 5.32 Å². The number of rotatable bonds is 3. The fourth-order valence-electron chi connectivity index (χ4n) is 2.43. The van der Waals surface area contributed by atoms with Crippen LogP contribution in [0.1, 0.15) is 25.8 Å². The van der Waals surface area contributed by atoms with Gasteiger partial charge in [-0.3, -0.25) is 4.90 Å². The topological polar surface area (TPSA) is 15.3 Å². The zero-order chi connectivity index (χ0) is 13.2. The third-order valence-electron chi connectivity index (χ3n) is 3.97. The SMILES string of the molecule is CCC1(C)CNCCN1Cc1ccc(Br)cc1F. The van der Waals surface area contributed by atoms with Gasteiger partial charge in [0.05, 0.1) is 0 Å². The lowest BCUT2D eigenvalue weighted by Crippen LogP contribution is -2.58. The molecule has 1 aliphatic heterocycles. The van der Waals surface area contributed by atoms with Crippen LogP contribution in [-0.2, 0) is 6.54 Å². The quantitative estimate of drug-likeness (QED) is 0.922. The van der Waals surface area contributed by atoms with Crippen LogP contribution in [0.25, 0.3) is 0 Å². The van der Waals surface area contributed by atoms with E-state index in [4.69, 9.17) is 0 Å². The van der Waals surface area contributed by atoms with Gasteiger partial charge in [-0.2, -0.15) is 0 Å². The molecular weight excluding hydrogens is 295 g/mol. The van der Waals surface area contributed by atoms with Crippen molar-refractivity contribution in [1.82, 2.24) is 10.2 Å². The van der Waals surface area contributed by atoms with E-state index in [0.717, 1.165) is 36.1 Å². The van der Waals surface area contributed by atoms with Gasteiger partial charge in [-0.05, 0) is 25.5 Å². The Bertz CT molecular complexity index is 424. The van der Waals surface area contributed by atoms with E-state index in [1.807, 2.05) is 12.1 Å². The molecule has 0 radical (unpaired) electrons. The minimum Gasteiger partial charge on any atom is -0.314 e. The number of benzene rings is 1. The first kappa shape index (κ1) is 14.0. The zero-order valence-corrected chi connectivity index (χ0v) is 12.6. The molecule has 1 saturated heterocycles. The van der Waals surface area contributed by atoms with Crippen molar-refractivity contribution in [3.05, 3.63) is 34.1 Å². The van der Waals surface area contributed by atoms with Gasteiger partial charge in [0.1, 0.15) is 5.82 Å². The summed E-state index contributed by atoms with van der Waals surface area (Å²) < 4.78 is 14.7. The average molecular weight is 315 g/mol. The molecule has 2 nitrogen and oxygen atoms in total. The molecule has 100 valence electrons. The number of hydrogen-bond donors (Lipinski definition) is 1. The molecule has 0 aromatic heterocycles. The second-order valence-electron chi connectivity index (χ2n) is 5.18. The lowest BCUT2D eigenvalue weighted by molar-refractivity contribution is 0.0627. The summed E-state index contributed by atoms with van der Waals surface area (Å²) in [5, 5.41) is 3.42. The summed E-state index contributed by atoms with van der Waals surface area (Å²) in [5.41, 5.74) is 0.900. The van der Waals surface area contributed by atoms with Crippen molar-refractivity contribution < 1.29 is 4.39 Å². The summed E-state index contributed by atoms with van der Waals surface area (Å²) in [4.78, 5) is 2.38. The minimum atomic E-state index is -0.124. The first-order chi connectivity index (χ1) is 8.55. The summed E-state index contributed by atoms with van der Waals surface area (Å²) in [6, 6.07) is 5.32. The van der Waals surface area contributed by atoms with E-state index in [2.05, 4.69) is 40.0 Å². The smallest absolute Gasteiger partial charge is 0.128 e. The van der Waals surface area contributed by atoms with E-state index in [1.165, 1.54) is 0 Å². The van der Waals surface area contributed by atoms with Gasteiger partial charge in [0, 0.05) is 41.8 Å². The van der Waals surface area contributed by atoms with Crippen molar-refractivity contribution in [2.45, 2.75) is 32.4 Å². The molecule has 1 fully saturated rings. The molecule has 1 aromatic rings. The Kier molecular flexibility index (Phi) is 4.41. The fraction of sp³-hybridized carbons (Fsp3) is 0.571. The Labute approximate surface area is 117 Å². The molecule has 1 heterocycles. The molecule has 18 heavy (non-hydrogen) atoms. The molecule has 4 heteroatoms. The highest BCUT2D eigenvalue weighted by Gasteiger charge is 2.32. The number of nitrogens with zero attached hydrogens (tertiary/aromatic N) is 1. The number of piperazine rings is 1. The van der Waals surface area contributed by atoms with Crippen LogP contribution in [0.15, 0.2) is 22.7 Å². The van der Waals surface area contributed by atoms with Gasteiger partial charge in [-0.1, -0.05) is 28.9 Å². The van der Waals surface area contributed by atoms with Gasteiger partial charge in [-0.15, -0.1) is 0 Å². The van der Waals surface area contributed by atoms with E-state index in [1.54, 1.807) is 6.07 Å². The van der Waals surface area contributed by atoms with Crippen molar-refractivity contribution in [3.63, 3.8) is 0 Å². The second-order valence-corrected chi connectivity index (χ2v) is 6.10. The fourth-order valence-corrected chi connectivity index (χ4v) is 2.76. The summed E-state index contributed by atoms with van der Waals surface area (Å²) in [7, 11) is 0. The van der Waals surface area contributed by atoms with Crippen LogP contribution in [0, 0.1) is 5.82 Å². The molecule has 2 rings (SSSR count). The number of halogens is 2. The Morgan fingerprint density at radius 1 is 1.50 bits per heavy atom. The Morgan fingerprint density at radius 2 is 2.28 bits per heavy atom. The number of hydrogen-bond acceptors (Lipinski definition) is 2. The first-order valence-corrected chi connectivity index (χ1v) is 7.24. The molecule has 0 spiro atoms. The van der Waals surface area contributed by atoms with Gasteiger partial charge in [0.15, 0.2) is 0 Å². The molecule has 1 aliphatic rings. The van der Waals surface area contributed by atoms with Gasteiger partial charge in [0.2, 0.25) is 0 Å². The van der Waals surface area contributed by atoms with Crippen molar-refractivity contribution in [2.75, 3.05) is 19.6 Å². The zero-order valence-electron chi connectivity index (χ0n) is 11.0. The molecule has 0 bridgehead atoms. The third kappa shape index (κ3) is 2.92. The summed E-state index contributed by atoms with van der Waals surface area (Å²) in [5.74, 6) is -0.124. The molecule has 1 N–H and O–H groups in total. The summed E-state index contributed by atoms with van der Waals surface area (Å²) in [6.45, 7) is 8.05. The normalized spacial score (nSPS) is 25.3. The first-order valence-electron chi connectivity index (χ1n) is 6.45. The predicted molar refractivity (Wildman–Crippen MR) is 76.1 cm³/mol. The van der Waals surface area contributed by atoms with Crippen LogP contribution < -0.4 is 5.32 Å². The molecule has 1 atom stereocenters. The van der Waals surface area contributed by atoms with E-state index in [-0.39, 0.29) is 11.4 Å². The van der Waals surface area contributed by atoms with Crippen LogP contribution in [0.4, 0.5) is 4.39 Å². The van der Waals surface area contributed by atoms with Gasteiger partial charge >= 0.3 is 0 Å². The molecule has 0 saturated carbocycles. The highest BCUT2D eigenvalue weighted by atomic mass is 79.9. The van der Waals surface area contributed by atoms with Crippen LogP contribution in [0.2, 0.25) is 0 Å². The van der Waals surface area contributed by atoms with E-state index < -0.39 is 0 Å². The Balaban J connectivity index is 2.16. The molecule has 1 aromatic carbocycles. The minimum absolute atomic E-state index is 0.123. The number of nitrogens with one attached hydrogen (secondary N) is 1. The van der Waals surface area contributed by atoms with Crippen molar-refractivity contribution in [2.24, 2.45) is 0 Å². The average Bonchev–Trinajstić information content (AvgIpc) is 2.35. The van der Waals surface area contributed by atoms with Crippen molar-refractivity contribution in [1.29, 1.82) is 0 Å². The Morgan fingerprint density at radius 3 is 2.94 bits per heavy atom. The van der Waals surface area contributed by atoms with Crippen LogP contribution >= 0.6 is 15.9 Å². The molecule has 1 unspecified atom stereocenters. The maximum Gasteiger partial charge on any atom is 0.128 e. The maximum absolute atomic E-state index is 13.9. The molecule has 0 aliphatic carbocycles. The highest BCUT2D eigenvalue weighted by Crippen LogP contribution is 2.25. The molecule has 0 amide bonds. The van der Waals surface area contributed by atoms with E-state index >= 15 is 0 Å². The summed E-state index contributed by atoms with van der Waals surface area (Å²) in [6.07, 6.45) is 1.07. The van der Waals surface area contributed by atoms with Crippen LogP contribution in [0.3, 0.4) is 0 Å². The van der Waals surface area contributed by atoms with Gasteiger partial charge in [0.25, 0.3) is 0 Å². The standard InChI is InChI=1S/C14H20BrFN2/c1-3-14(2)10-17-6-7-18(14)9-11-4-5-12(15)8-13(11)16/h4-5,8,17H,3,6-7,9-10H2,1-2H3. The lowest BCUT2D eigenvalue weighted by Gasteiger charge is -2.45. The predicted octanol–water partition coefficient (Wildman–Crippen LogP) is 3.16. The summed E-state index contributed by atoms with van der Waals surface area (Å²) >= 11 is 3.29. The Hall–Kier alpha value is -0.450.